The molecule has 0 aromatic carbocycles. The molecule has 1 N–H and O–H groups in total. The van der Waals surface area contributed by atoms with E-state index in [1.807, 2.05) is 4.90 Å². The van der Waals surface area contributed by atoms with E-state index in [2.05, 4.69) is 17.1 Å². The topological polar surface area (TPSA) is 44.8 Å². The molecule has 0 unspecified atom stereocenters. The molecule has 2 saturated heterocycles. The highest BCUT2D eigenvalue weighted by molar-refractivity contribution is 5.75. The summed E-state index contributed by atoms with van der Waals surface area (Å²) in [5.41, 5.74) is 0.263. The van der Waals surface area contributed by atoms with Gasteiger partial charge >= 0.3 is 6.03 Å². The van der Waals surface area contributed by atoms with Crippen LogP contribution in [-0.2, 0) is 4.74 Å². The Morgan fingerprint density at radius 3 is 2.42 bits per heavy atom. The van der Waals surface area contributed by atoms with Gasteiger partial charge in [-0.25, -0.2) is 4.79 Å². The quantitative estimate of drug-likeness (QED) is 0.859. The van der Waals surface area contributed by atoms with E-state index in [1.54, 1.807) is 0 Å². The normalized spacial score (nSPS) is 33.3. The lowest BCUT2D eigenvalue weighted by molar-refractivity contribution is -0.170. The standard InChI is InChI=1S/C19H33N3O2/c1-2-24-17-14-16(19(17)8-5-9-19)20-18(23)22-12-6-15(7-13-22)21-10-3-4-11-21/h15-17H,2-14H2,1H3,(H,20,23)/t16-,17+/m0/s1. The molecule has 2 saturated carbocycles. The summed E-state index contributed by atoms with van der Waals surface area (Å²) < 4.78 is 5.89. The Bertz CT molecular complexity index is 452. The van der Waals surface area contributed by atoms with Crippen LogP contribution in [0.3, 0.4) is 0 Å². The van der Waals surface area contributed by atoms with E-state index in [4.69, 9.17) is 4.74 Å². The van der Waals surface area contributed by atoms with E-state index in [0.717, 1.165) is 39.0 Å². The summed E-state index contributed by atoms with van der Waals surface area (Å²) >= 11 is 0. The first-order chi connectivity index (χ1) is 11.7. The second-order valence-corrected chi connectivity index (χ2v) is 8.23. The van der Waals surface area contributed by atoms with Crippen LogP contribution in [0.15, 0.2) is 0 Å². The highest BCUT2D eigenvalue weighted by atomic mass is 16.5. The van der Waals surface area contributed by atoms with Crippen LogP contribution in [0.25, 0.3) is 0 Å². The zero-order valence-electron chi connectivity index (χ0n) is 15.1. The molecule has 136 valence electrons. The van der Waals surface area contributed by atoms with E-state index in [-0.39, 0.29) is 11.4 Å². The van der Waals surface area contributed by atoms with Gasteiger partial charge in [-0.15, -0.1) is 0 Å². The number of amides is 2. The molecule has 0 aromatic rings. The van der Waals surface area contributed by atoms with E-state index in [9.17, 15) is 4.79 Å². The molecule has 4 fully saturated rings. The number of rotatable bonds is 4. The molecule has 2 aliphatic carbocycles. The van der Waals surface area contributed by atoms with Gasteiger partial charge in [0.25, 0.3) is 0 Å². The second kappa shape index (κ2) is 6.83. The Morgan fingerprint density at radius 1 is 1.12 bits per heavy atom. The third kappa shape index (κ3) is 2.84. The Hall–Kier alpha value is -0.810. The molecule has 2 heterocycles. The molecule has 4 aliphatic rings. The molecule has 2 aliphatic heterocycles. The van der Waals surface area contributed by atoms with Crippen LogP contribution >= 0.6 is 0 Å². The van der Waals surface area contributed by atoms with Crippen LogP contribution < -0.4 is 5.32 Å². The maximum Gasteiger partial charge on any atom is 0.317 e. The lowest BCUT2D eigenvalue weighted by Crippen LogP contribution is -2.68. The first kappa shape index (κ1) is 16.6. The van der Waals surface area contributed by atoms with Crippen LogP contribution in [0.2, 0.25) is 0 Å². The maximum atomic E-state index is 12.7. The number of carbonyl (C=O) groups is 1. The van der Waals surface area contributed by atoms with Crippen molar-refractivity contribution < 1.29 is 9.53 Å². The summed E-state index contributed by atoms with van der Waals surface area (Å²) in [6.07, 6.45) is 10.1. The molecular formula is C19H33N3O2. The van der Waals surface area contributed by atoms with Gasteiger partial charge in [0, 0.05) is 37.2 Å². The number of hydrogen-bond donors (Lipinski definition) is 1. The van der Waals surface area contributed by atoms with Gasteiger partial charge in [-0.3, -0.25) is 0 Å². The predicted octanol–water partition coefficient (Wildman–Crippen LogP) is 2.60. The van der Waals surface area contributed by atoms with E-state index in [1.165, 1.54) is 45.2 Å². The van der Waals surface area contributed by atoms with Crippen molar-refractivity contribution in [3.05, 3.63) is 0 Å². The molecule has 24 heavy (non-hydrogen) atoms. The zero-order valence-corrected chi connectivity index (χ0v) is 15.1. The van der Waals surface area contributed by atoms with Crippen molar-refractivity contribution in [2.45, 2.75) is 76.5 Å². The third-order valence-electron chi connectivity index (χ3n) is 7.14. The molecule has 2 atom stereocenters. The molecule has 4 rings (SSSR count). The molecular weight excluding hydrogens is 302 g/mol. The Morgan fingerprint density at radius 2 is 1.83 bits per heavy atom. The first-order valence-electron chi connectivity index (χ1n) is 10.1. The van der Waals surface area contributed by atoms with Crippen LogP contribution in [0.1, 0.15) is 58.3 Å². The summed E-state index contributed by atoms with van der Waals surface area (Å²) in [5.74, 6) is 0. The fourth-order valence-corrected chi connectivity index (χ4v) is 5.42. The smallest absolute Gasteiger partial charge is 0.317 e. The van der Waals surface area contributed by atoms with Crippen LogP contribution in [0, 0.1) is 5.41 Å². The Balaban J connectivity index is 1.25. The van der Waals surface area contributed by atoms with Gasteiger partial charge < -0.3 is 19.9 Å². The first-order valence-corrected chi connectivity index (χ1v) is 10.1. The number of ether oxygens (including phenoxy) is 1. The van der Waals surface area contributed by atoms with Gasteiger partial charge in [-0.1, -0.05) is 6.42 Å². The van der Waals surface area contributed by atoms with Gasteiger partial charge in [0.1, 0.15) is 0 Å². The molecule has 5 nitrogen and oxygen atoms in total. The average molecular weight is 335 g/mol. The van der Waals surface area contributed by atoms with E-state index >= 15 is 0 Å². The summed E-state index contributed by atoms with van der Waals surface area (Å²) in [5, 5.41) is 3.35. The van der Waals surface area contributed by atoms with Crippen LogP contribution in [0.4, 0.5) is 4.79 Å². The Labute approximate surface area is 146 Å². The molecule has 1 spiro atoms. The predicted molar refractivity (Wildman–Crippen MR) is 94.0 cm³/mol. The van der Waals surface area contributed by atoms with Crippen molar-refractivity contribution in [2.24, 2.45) is 5.41 Å². The van der Waals surface area contributed by atoms with Crippen molar-refractivity contribution in [2.75, 3.05) is 32.8 Å². The number of carbonyl (C=O) groups excluding carboxylic acids is 1. The van der Waals surface area contributed by atoms with Gasteiger partial charge in [-0.2, -0.15) is 0 Å². The van der Waals surface area contributed by atoms with Crippen molar-refractivity contribution >= 4 is 6.03 Å². The number of nitrogens with zero attached hydrogens (tertiary/aromatic N) is 2. The summed E-state index contributed by atoms with van der Waals surface area (Å²) in [6.45, 7) is 7.23. The van der Waals surface area contributed by atoms with Crippen molar-refractivity contribution in [3.8, 4) is 0 Å². The lowest BCUT2D eigenvalue weighted by atomic mass is 9.51. The number of piperidine rings is 1. The second-order valence-electron chi connectivity index (χ2n) is 8.23. The summed E-state index contributed by atoms with van der Waals surface area (Å²) in [7, 11) is 0. The number of nitrogens with one attached hydrogen (secondary N) is 1. The monoisotopic (exact) mass is 335 g/mol. The fourth-order valence-electron chi connectivity index (χ4n) is 5.42. The van der Waals surface area contributed by atoms with E-state index < -0.39 is 0 Å². The van der Waals surface area contributed by atoms with Gasteiger partial charge in [-0.05, 0) is 65.0 Å². The minimum absolute atomic E-state index is 0.168. The number of likely N-dealkylation sites (tertiary alicyclic amines) is 2. The SMILES string of the molecule is CCO[C@@H]1C[C@H](NC(=O)N2CCC(N3CCCC3)CC2)C12CCC2. The van der Waals surface area contributed by atoms with Gasteiger partial charge in [0.05, 0.1) is 6.10 Å². The maximum absolute atomic E-state index is 12.7. The minimum Gasteiger partial charge on any atom is -0.378 e. The van der Waals surface area contributed by atoms with Gasteiger partial charge in [0.15, 0.2) is 0 Å². The summed E-state index contributed by atoms with van der Waals surface area (Å²) in [4.78, 5) is 17.4. The fraction of sp³-hybridized carbons (Fsp3) is 0.947. The average Bonchev–Trinajstić information content (AvgIpc) is 3.06. The number of hydrogen-bond acceptors (Lipinski definition) is 3. The summed E-state index contributed by atoms with van der Waals surface area (Å²) in [6, 6.07) is 1.22. The van der Waals surface area contributed by atoms with Crippen molar-refractivity contribution in [1.82, 2.24) is 15.1 Å². The molecule has 0 radical (unpaired) electrons. The van der Waals surface area contributed by atoms with Crippen LogP contribution in [-0.4, -0.2) is 66.8 Å². The lowest BCUT2D eigenvalue weighted by Gasteiger charge is -2.61. The van der Waals surface area contributed by atoms with Gasteiger partial charge in [0.2, 0.25) is 0 Å². The largest absolute Gasteiger partial charge is 0.378 e. The third-order valence-corrected chi connectivity index (χ3v) is 7.14. The highest BCUT2D eigenvalue weighted by Crippen LogP contribution is 2.57. The van der Waals surface area contributed by atoms with Crippen molar-refractivity contribution in [1.29, 1.82) is 0 Å². The molecule has 2 amide bonds. The molecule has 0 bridgehead atoms. The molecule has 0 aromatic heterocycles. The Kier molecular flexibility index (Phi) is 4.74. The van der Waals surface area contributed by atoms with Crippen molar-refractivity contribution in [3.63, 3.8) is 0 Å². The van der Waals surface area contributed by atoms with E-state index in [0.29, 0.717) is 18.2 Å². The highest BCUT2D eigenvalue weighted by Gasteiger charge is 2.59. The number of urea groups is 1. The molecule has 5 heteroatoms. The zero-order chi connectivity index (χ0) is 16.6. The minimum atomic E-state index is 0.168. The van der Waals surface area contributed by atoms with Crippen LogP contribution in [0.5, 0.6) is 0 Å².